The van der Waals surface area contributed by atoms with Gasteiger partial charge in [0.2, 0.25) is 0 Å². The molecule has 4 N–H and O–H groups in total. The molecule has 0 fully saturated rings. The van der Waals surface area contributed by atoms with Gasteiger partial charge in [-0.1, -0.05) is 0 Å². The summed E-state index contributed by atoms with van der Waals surface area (Å²) in [5.41, 5.74) is 8.50. The van der Waals surface area contributed by atoms with Gasteiger partial charge < -0.3 is 11.5 Å². The first-order valence-electron chi connectivity index (χ1n) is 2.74. The number of carbonyl (C=O) groups excluding carboxylic acids is 1. The van der Waals surface area contributed by atoms with E-state index in [9.17, 15) is 0 Å². The molecule has 0 aromatic carbocycles. The molecule has 0 aromatic rings. The van der Waals surface area contributed by atoms with Crippen LogP contribution < -0.4 is 11.5 Å². The number of primary amides is 2. The van der Waals surface area contributed by atoms with Crippen LogP contribution in [-0.2, 0) is 0 Å². The topological polar surface area (TPSA) is 69.1 Å². The van der Waals surface area contributed by atoms with Crippen molar-refractivity contribution in [2.24, 2.45) is 11.5 Å². The minimum atomic E-state index is -1.58. The molecule has 0 aliphatic heterocycles. The van der Waals surface area contributed by atoms with Crippen LogP contribution in [0.1, 0.15) is 0 Å². The Hall–Kier alpha value is -0.0100. The van der Waals surface area contributed by atoms with Gasteiger partial charge in [-0.15, -0.1) is 0 Å². The summed E-state index contributed by atoms with van der Waals surface area (Å²) in [4.78, 5) is 9.00. The van der Waals surface area contributed by atoms with Crippen LogP contribution in [0.2, 0.25) is 0 Å². The fourth-order valence-corrected chi connectivity index (χ4v) is 0. The smallest absolute Gasteiger partial charge is 0.309 e. The maximum Gasteiger partial charge on any atom is 0.309 e. The van der Waals surface area contributed by atoms with Crippen LogP contribution in [0.4, 0.5) is 4.79 Å². The van der Waals surface area contributed by atoms with Crippen LogP contribution in [0.3, 0.4) is 0 Å². The molecule has 0 unspecified atom stereocenters. The van der Waals surface area contributed by atoms with Gasteiger partial charge in [0.05, 0.1) is 0 Å². The van der Waals surface area contributed by atoms with Gasteiger partial charge in [-0.3, -0.25) is 0 Å². The van der Waals surface area contributed by atoms with E-state index >= 15 is 0 Å². The van der Waals surface area contributed by atoms with Crippen molar-refractivity contribution in [2.75, 3.05) is 26.7 Å². The van der Waals surface area contributed by atoms with Crippen molar-refractivity contribution in [3.05, 3.63) is 0 Å². The Kier molecular flexibility index (Phi) is 4.30. The molecule has 0 radical (unpaired) electrons. The SMILES string of the molecule is CP(C)(C)(C)Cl.NC(N)=O. The van der Waals surface area contributed by atoms with Crippen molar-refractivity contribution >= 4 is 23.2 Å². The maximum atomic E-state index is 9.00. The summed E-state index contributed by atoms with van der Waals surface area (Å²) in [6, 6.07) is -0.833. The molecule has 0 spiro atoms. The van der Waals surface area contributed by atoms with Gasteiger partial charge in [-0.05, 0) is 0 Å². The van der Waals surface area contributed by atoms with E-state index in [1.54, 1.807) is 0 Å². The molecule has 10 heavy (non-hydrogen) atoms. The van der Waals surface area contributed by atoms with E-state index in [2.05, 4.69) is 38.1 Å². The first-order valence-corrected chi connectivity index (χ1v) is 7.67. The van der Waals surface area contributed by atoms with Crippen LogP contribution in [-0.4, -0.2) is 32.7 Å². The molecule has 0 aromatic heterocycles. The molecule has 0 saturated heterocycles. The zero-order valence-electron chi connectivity index (χ0n) is 6.89. The summed E-state index contributed by atoms with van der Waals surface area (Å²) in [6.45, 7) is 8.42. The molecule has 3 nitrogen and oxygen atoms in total. The van der Waals surface area contributed by atoms with Gasteiger partial charge in [0.1, 0.15) is 0 Å². The molecule has 5 heteroatoms. The van der Waals surface area contributed by atoms with E-state index in [4.69, 9.17) is 16.0 Å². The fraction of sp³-hybridized carbons (Fsp3) is 0.800. The number of urea groups is 1. The number of carbonyl (C=O) groups is 1. The number of amides is 2. The van der Waals surface area contributed by atoms with E-state index in [1.165, 1.54) is 0 Å². The van der Waals surface area contributed by atoms with E-state index in [0.29, 0.717) is 0 Å². The molecule has 2 amide bonds. The van der Waals surface area contributed by atoms with Gasteiger partial charge in [-0.25, -0.2) is 4.79 Å². The standard InChI is InChI=1S/C4H12ClP.CH4N2O/c1-6(2,3,4)5;2-1(3)4/h1-4H3;(H4,2,3,4). The molecule has 0 atom stereocenters. The summed E-state index contributed by atoms with van der Waals surface area (Å²) in [6.07, 6.45) is 0. The molecular formula is C5H16ClN2OP. The second-order valence-electron chi connectivity index (χ2n) is 3.76. The molecule has 0 bridgehead atoms. The quantitative estimate of drug-likeness (QED) is 0.549. The van der Waals surface area contributed by atoms with E-state index in [-0.39, 0.29) is 0 Å². The zero-order valence-corrected chi connectivity index (χ0v) is 8.54. The Morgan fingerprint density at radius 1 is 1.20 bits per heavy atom. The summed E-state index contributed by atoms with van der Waals surface area (Å²) < 4.78 is 0. The number of rotatable bonds is 0. The second-order valence-corrected chi connectivity index (χ2v) is 14.5. The van der Waals surface area contributed by atoms with Crippen molar-refractivity contribution in [3.8, 4) is 0 Å². The summed E-state index contributed by atoms with van der Waals surface area (Å²) in [5.74, 6) is -1.58. The predicted octanol–water partition coefficient (Wildman–Crippen LogP) is 1.24. The van der Waals surface area contributed by atoms with E-state index in [1.807, 2.05) is 0 Å². The van der Waals surface area contributed by atoms with Crippen LogP contribution in [0.25, 0.3) is 0 Å². The summed E-state index contributed by atoms with van der Waals surface area (Å²) in [5, 5.41) is 0. The minimum Gasteiger partial charge on any atom is -0.352 e. The normalized spacial score (nSPS) is 13.9. The average molecular weight is 187 g/mol. The number of hydrogen-bond acceptors (Lipinski definition) is 1. The third-order valence-electron chi connectivity index (χ3n) is 0. The van der Waals surface area contributed by atoms with Crippen LogP contribution >= 0.6 is 17.2 Å². The average Bonchev–Trinajstić information content (AvgIpc) is 1.14. The second kappa shape index (κ2) is 3.40. The Morgan fingerprint density at radius 3 is 1.20 bits per heavy atom. The minimum absolute atomic E-state index is 0.833. The Morgan fingerprint density at radius 2 is 1.20 bits per heavy atom. The number of halogens is 1. The van der Waals surface area contributed by atoms with Crippen molar-refractivity contribution < 1.29 is 4.79 Å². The van der Waals surface area contributed by atoms with Crippen molar-refractivity contribution in [1.29, 1.82) is 0 Å². The maximum absolute atomic E-state index is 9.00. The molecule has 64 valence electrons. The van der Waals surface area contributed by atoms with Gasteiger partial charge in [-0.2, -0.15) is 0 Å². The Bertz CT molecular complexity index is 106. The largest absolute Gasteiger partial charge is 0.352 e. The molecule has 0 aliphatic carbocycles. The third kappa shape index (κ3) is 3900000. The van der Waals surface area contributed by atoms with Crippen LogP contribution in [0.15, 0.2) is 0 Å². The predicted molar refractivity (Wildman–Crippen MR) is 50.2 cm³/mol. The van der Waals surface area contributed by atoms with Gasteiger partial charge in [0, 0.05) is 0 Å². The summed E-state index contributed by atoms with van der Waals surface area (Å²) in [7, 11) is 0. The Labute approximate surface area is 66.8 Å². The van der Waals surface area contributed by atoms with Crippen molar-refractivity contribution in [2.45, 2.75) is 0 Å². The number of nitrogens with two attached hydrogens (primary N) is 2. The van der Waals surface area contributed by atoms with Gasteiger partial charge in [0.15, 0.2) is 0 Å². The van der Waals surface area contributed by atoms with Crippen molar-refractivity contribution in [1.82, 2.24) is 0 Å². The van der Waals surface area contributed by atoms with Crippen molar-refractivity contribution in [3.63, 3.8) is 0 Å². The summed E-state index contributed by atoms with van der Waals surface area (Å²) >= 11 is 5.92. The van der Waals surface area contributed by atoms with Gasteiger partial charge >= 0.3 is 49.9 Å². The van der Waals surface area contributed by atoms with Crippen LogP contribution in [0, 0.1) is 0 Å². The van der Waals surface area contributed by atoms with Gasteiger partial charge in [0.25, 0.3) is 0 Å². The molecule has 0 rings (SSSR count). The molecule has 0 saturated carbocycles. The van der Waals surface area contributed by atoms with Crippen LogP contribution in [0.5, 0.6) is 0 Å². The first kappa shape index (κ1) is 12.6. The third-order valence-corrected chi connectivity index (χ3v) is 0. The molecular weight excluding hydrogens is 170 g/mol. The zero-order chi connectivity index (χ0) is 9.02. The van der Waals surface area contributed by atoms with E-state index in [0.717, 1.165) is 0 Å². The molecule has 0 heterocycles. The monoisotopic (exact) mass is 186 g/mol. The molecule has 0 aliphatic rings. The fourth-order valence-electron chi connectivity index (χ4n) is 0. The first-order chi connectivity index (χ1) is 3.97. The Balaban J connectivity index is 0. The number of hydrogen-bond donors (Lipinski definition) is 2. The van der Waals surface area contributed by atoms with E-state index < -0.39 is 12.0 Å².